The Kier molecular flexibility index (Phi) is 5.04. The topological polar surface area (TPSA) is 57.6 Å². The van der Waals surface area contributed by atoms with E-state index in [1.54, 1.807) is 4.90 Å². The van der Waals surface area contributed by atoms with E-state index in [2.05, 4.69) is 15.9 Å². The van der Waals surface area contributed by atoms with Crippen molar-refractivity contribution in [1.29, 1.82) is 0 Å². The van der Waals surface area contributed by atoms with Gasteiger partial charge in [-0.2, -0.15) is 0 Å². The number of hydrogen-bond acceptors (Lipinski definition) is 3. The zero-order valence-corrected chi connectivity index (χ0v) is 16.9. The number of amides is 1. The lowest BCUT2D eigenvalue weighted by Crippen LogP contribution is -2.47. The number of ketones is 1. The molecule has 4 nitrogen and oxygen atoms in total. The molecule has 0 radical (unpaired) electrons. The lowest BCUT2D eigenvalue weighted by atomic mass is 9.92. The van der Waals surface area contributed by atoms with Gasteiger partial charge in [0.05, 0.1) is 5.69 Å². The van der Waals surface area contributed by atoms with Crippen LogP contribution in [0.4, 0.5) is 5.69 Å². The highest BCUT2D eigenvalue weighted by atomic mass is 79.9. The fourth-order valence-electron chi connectivity index (χ4n) is 3.79. The molecular formula is C23H20BrNO3. The van der Waals surface area contributed by atoms with Crippen molar-refractivity contribution in [3.05, 3.63) is 76.8 Å². The first-order chi connectivity index (χ1) is 13.5. The summed E-state index contributed by atoms with van der Waals surface area (Å²) in [5.74, 6) is -0.941. The van der Waals surface area contributed by atoms with Gasteiger partial charge >= 0.3 is 0 Å². The quantitative estimate of drug-likeness (QED) is 0.606. The van der Waals surface area contributed by atoms with E-state index in [9.17, 15) is 14.7 Å². The summed E-state index contributed by atoms with van der Waals surface area (Å²) in [7, 11) is 0. The van der Waals surface area contributed by atoms with Crippen LogP contribution in [0.5, 0.6) is 0 Å². The van der Waals surface area contributed by atoms with Gasteiger partial charge in [-0.3, -0.25) is 9.59 Å². The average Bonchev–Trinajstić information content (AvgIpc) is 3.01. The third-order valence-electron chi connectivity index (χ3n) is 5.34. The number of benzene rings is 3. The maximum absolute atomic E-state index is 13.0. The second-order valence-electron chi connectivity index (χ2n) is 7.12. The molecule has 3 aromatic carbocycles. The maximum Gasteiger partial charge on any atom is 0.266 e. The minimum absolute atomic E-state index is 0.117. The molecule has 0 bridgehead atoms. The summed E-state index contributed by atoms with van der Waals surface area (Å²) in [5.41, 5.74) is -0.218. The second-order valence-corrected chi connectivity index (χ2v) is 8.03. The van der Waals surface area contributed by atoms with Crippen LogP contribution >= 0.6 is 15.9 Å². The molecule has 1 N–H and O–H groups in total. The molecule has 1 atom stereocenters. The van der Waals surface area contributed by atoms with Crippen LogP contribution in [0.2, 0.25) is 0 Å². The van der Waals surface area contributed by atoms with E-state index < -0.39 is 17.3 Å². The van der Waals surface area contributed by atoms with Gasteiger partial charge in [0, 0.05) is 29.2 Å². The predicted molar refractivity (Wildman–Crippen MR) is 113 cm³/mol. The number of halogens is 1. The first kappa shape index (κ1) is 18.8. The Bertz CT molecular complexity index is 1060. The van der Waals surface area contributed by atoms with Gasteiger partial charge in [0.25, 0.3) is 5.91 Å². The van der Waals surface area contributed by atoms with Crippen molar-refractivity contribution in [2.75, 3.05) is 11.4 Å². The molecule has 5 heteroatoms. The van der Waals surface area contributed by atoms with Crippen molar-refractivity contribution in [1.82, 2.24) is 0 Å². The van der Waals surface area contributed by atoms with Gasteiger partial charge in [-0.25, -0.2) is 0 Å². The van der Waals surface area contributed by atoms with Gasteiger partial charge in [-0.1, -0.05) is 64.5 Å². The minimum Gasteiger partial charge on any atom is -0.373 e. The minimum atomic E-state index is -1.94. The molecule has 1 saturated heterocycles. The van der Waals surface area contributed by atoms with E-state index in [0.717, 1.165) is 26.5 Å². The number of hydrogen-bond donors (Lipinski definition) is 1. The van der Waals surface area contributed by atoms with Gasteiger partial charge in [0.1, 0.15) is 0 Å². The number of carbonyl (C=O) groups excluding carboxylic acids is 2. The normalized spacial score (nSPS) is 19.4. The lowest BCUT2D eigenvalue weighted by Gasteiger charge is -2.22. The Morgan fingerprint density at radius 2 is 1.82 bits per heavy atom. The number of rotatable bonds is 5. The van der Waals surface area contributed by atoms with Crippen molar-refractivity contribution in [2.45, 2.75) is 24.9 Å². The van der Waals surface area contributed by atoms with Crippen molar-refractivity contribution >= 4 is 44.1 Å². The van der Waals surface area contributed by atoms with E-state index in [-0.39, 0.29) is 12.8 Å². The molecule has 1 fully saturated rings. The number of carbonyl (C=O) groups is 2. The van der Waals surface area contributed by atoms with Gasteiger partial charge in [0.2, 0.25) is 5.60 Å². The summed E-state index contributed by atoms with van der Waals surface area (Å²) in [4.78, 5) is 27.3. The number of aryl methyl sites for hydroxylation is 1. The molecular weight excluding hydrogens is 418 g/mol. The third kappa shape index (κ3) is 3.36. The van der Waals surface area contributed by atoms with Gasteiger partial charge in [0.15, 0.2) is 5.78 Å². The summed E-state index contributed by atoms with van der Waals surface area (Å²) in [6.07, 6.45) is 0.733. The Labute approximate surface area is 171 Å². The predicted octanol–water partition coefficient (Wildman–Crippen LogP) is 4.27. The fourth-order valence-corrected chi connectivity index (χ4v) is 4.24. The number of nitrogens with zero attached hydrogens (tertiary/aromatic N) is 1. The van der Waals surface area contributed by atoms with Crippen LogP contribution in [0.15, 0.2) is 71.2 Å². The number of aliphatic hydroxyl groups is 1. The molecule has 142 valence electrons. The van der Waals surface area contributed by atoms with Crippen molar-refractivity contribution in [2.24, 2.45) is 0 Å². The molecule has 1 aliphatic rings. The average molecular weight is 438 g/mol. The van der Waals surface area contributed by atoms with Gasteiger partial charge in [-0.15, -0.1) is 0 Å². The van der Waals surface area contributed by atoms with Crippen LogP contribution in [0.1, 0.15) is 18.4 Å². The van der Waals surface area contributed by atoms with E-state index in [0.29, 0.717) is 13.0 Å². The SMILES string of the molecule is O=C(CCc1cccc(Br)c1)[C@@]1(O)CCN(c2cccc3ccccc23)C1=O. The Balaban J connectivity index is 1.54. The molecule has 0 spiro atoms. The van der Waals surface area contributed by atoms with Crippen molar-refractivity contribution < 1.29 is 14.7 Å². The summed E-state index contributed by atoms with van der Waals surface area (Å²) < 4.78 is 0.940. The largest absolute Gasteiger partial charge is 0.373 e. The van der Waals surface area contributed by atoms with Crippen LogP contribution in [0.3, 0.4) is 0 Å². The standard InChI is InChI=1S/C23H20BrNO3/c24-18-8-3-5-16(15-18)11-12-21(26)23(28)13-14-25(22(23)27)20-10-4-7-17-6-1-2-9-19(17)20/h1-10,15,28H,11-14H2/t23-/m0/s1. The molecule has 1 heterocycles. The molecule has 28 heavy (non-hydrogen) atoms. The fraction of sp³-hybridized carbons (Fsp3) is 0.217. The van der Waals surface area contributed by atoms with E-state index in [1.165, 1.54) is 0 Å². The summed E-state index contributed by atoms with van der Waals surface area (Å²) in [5, 5.41) is 12.9. The Morgan fingerprint density at radius 1 is 1.07 bits per heavy atom. The Morgan fingerprint density at radius 3 is 2.64 bits per heavy atom. The Hall–Kier alpha value is -2.50. The lowest BCUT2D eigenvalue weighted by molar-refractivity contribution is -0.147. The molecule has 0 unspecified atom stereocenters. The van der Waals surface area contributed by atoms with Crippen molar-refractivity contribution in [3.8, 4) is 0 Å². The monoisotopic (exact) mass is 437 g/mol. The molecule has 3 aromatic rings. The first-order valence-electron chi connectivity index (χ1n) is 9.29. The van der Waals surface area contributed by atoms with Crippen molar-refractivity contribution in [3.63, 3.8) is 0 Å². The number of Topliss-reactive ketones (excluding diaryl/α,β-unsaturated/α-hetero) is 1. The van der Waals surface area contributed by atoms with Crippen LogP contribution in [-0.4, -0.2) is 28.9 Å². The first-order valence-corrected chi connectivity index (χ1v) is 10.1. The highest BCUT2D eigenvalue weighted by molar-refractivity contribution is 9.10. The molecule has 0 aromatic heterocycles. The zero-order chi connectivity index (χ0) is 19.7. The molecule has 4 rings (SSSR count). The van der Waals surface area contributed by atoms with Crippen LogP contribution in [0.25, 0.3) is 10.8 Å². The van der Waals surface area contributed by atoms with Gasteiger partial charge < -0.3 is 10.0 Å². The second kappa shape index (κ2) is 7.49. The zero-order valence-electron chi connectivity index (χ0n) is 15.3. The molecule has 0 saturated carbocycles. The van der Waals surface area contributed by atoms with Crippen LogP contribution in [0, 0.1) is 0 Å². The van der Waals surface area contributed by atoms with E-state index in [4.69, 9.17) is 0 Å². The molecule has 0 aliphatic carbocycles. The van der Waals surface area contributed by atoms with Crippen LogP contribution < -0.4 is 4.90 Å². The highest BCUT2D eigenvalue weighted by Crippen LogP contribution is 2.34. The smallest absolute Gasteiger partial charge is 0.266 e. The van der Waals surface area contributed by atoms with E-state index in [1.807, 2.05) is 66.7 Å². The third-order valence-corrected chi connectivity index (χ3v) is 5.84. The highest BCUT2D eigenvalue weighted by Gasteiger charge is 2.51. The van der Waals surface area contributed by atoms with E-state index >= 15 is 0 Å². The number of anilines is 1. The summed E-state index contributed by atoms with van der Waals surface area (Å²) >= 11 is 3.41. The molecule has 1 aliphatic heterocycles. The van der Waals surface area contributed by atoms with Gasteiger partial charge in [-0.05, 0) is 35.6 Å². The van der Waals surface area contributed by atoms with Crippen LogP contribution in [-0.2, 0) is 16.0 Å². The summed E-state index contributed by atoms with van der Waals surface area (Å²) in [6, 6.07) is 21.2. The summed E-state index contributed by atoms with van der Waals surface area (Å²) in [6.45, 7) is 0.325. The maximum atomic E-state index is 13.0. The molecule has 1 amide bonds. The number of fused-ring (bicyclic) bond motifs is 1.